The van der Waals surface area contributed by atoms with Crippen molar-refractivity contribution in [2.45, 2.75) is 25.5 Å². The molecule has 5 nitrogen and oxygen atoms in total. The number of nitrogens with one attached hydrogen (secondary N) is 1. The number of carbonyl (C=O) groups is 1. The third-order valence-electron chi connectivity index (χ3n) is 4.04. The van der Waals surface area contributed by atoms with E-state index in [-0.39, 0.29) is 12.1 Å². The molecule has 0 aliphatic carbocycles. The molecule has 3 rings (SSSR count). The molecular formula is C18H20ClN3O2. The third-order valence-corrected chi connectivity index (χ3v) is 4.33. The molecule has 24 heavy (non-hydrogen) atoms. The van der Waals surface area contributed by atoms with E-state index in [1.165, 1.54) is 0 Å². The van der Waals surface area contributed by atoms with Crippen molar-refractivity contribution in [3.63, 3.8) is 0 Å². The van der Waals surface area contributed by atoms with Crippen molar-refractivity contribution in [1.29, 1.82) is 0 Å². The zero-order valence-corrected chi connectivity index (χ0v) is 14.1. The molecule has 126 valence electrons. The summed E-state index contributed by atoms with van der Waals surface area (Å²) in [5, 5.41) is 3.47. The van der Waals surface area contributed by atoms with Crippen LogP contribution in [0, 0.1) is 0 Å². The van der Waals surface area contributed by atoms with Gasteiger partial charge < -0.3 is 15.0 Å². The molecule has 0 atom stereocenters. The molecule has 1 aliphatic heterocycles. The van der Waals surface area contributed by atoms with E-state index in [2.05, 4.69) is 10.3 Å². The molecule has 2 aromatic rings. The van der Waals surface area contributed by atoms with Crippen LogP contribution in [0.1, 0.15) is 18.4 Å². The lowest BCUT2D eigenvalue weighted by atomic mass is 10.1. The molecule has 0 radical (unpaired) electrons. The van der Waals surface area contributed by atoms with Crippen LogP contribution in [0.25, 0.3) is 0 Å². The number of piperidine rings is 1. The van der Waals surface area contributed by atoms with Gasteiger partial charge in [-0.2, -0.15) is 0 Å². The minimum Gasteiger partial charge on any atom is -0.489 e. The van der Waals surface area contributed by atoms with Gasteiger partial charge in [-0.05, 0) is 5.56 Å². The van der Waals surface area contributed by atoms with E-state index in [9.17, 15) is 4.79 Å². The highest BCUT2D eigenvalue weighted by Gasteiger charge is 2.24. The van der Waals surface area contributed by atoms with Crippen molar-refractivity contribution in [3.8, 4) is 5.75 Å². The molecule has 0 saturated carbocycles. The maximum Gasteiger partial charge on any atom is 0.317 e. The first-order valence-electron chi connectivity index (χ1n) is 8.05. The SMILES string of the molecule is O=C(NCc1ccccc1)N1CCC(Oc2ccncc2Cl)CC1. The molecule has 1 N–H and O–H groups in total. The van der Waals surface area contributed by atoms with E-state index in [4.69, 9.17) is 16.3 Å². The van der Waals surface area contributed by atoms with Crippen LogP contribution in [-0.4, -0.2) is 35.1 Å². The molecular weight excluding hydrogens is 326 g/mol. The first-order valence-corrected chi connectivity index (χ1v) is 8.43. The molecule has 1 aromatic carbocycles. The van der Waals surface area contributed by atoms with Gasteiger partial charge in [0, 0.05) is 50.9 Å². The monoisotopic (exact) mass is 345 g/mol. The Morgan fingerprint density at radius 3 is 2.71 bits per heavy atom. The van der Waals surface area contributed by atoms with Gasteiger partial charge in [0.15, 0.2) is 0 Å². The number of hydrogen-bond acceptors (Lipinski definition) is 3. The fourth-order valence-corrected chi connectivity index (χ4v) is 2.86. The topological polar surface area (TPSA) is 54.5 Å². The lowest BCUT2D eigenvalue weighted by Crippen LogP contribution is -2.46. The number of nitrogens with zero attached hydrogens (tertiary/aromatic N) is 2. The molecule has 2 heterocycles. The normalized spacial score (nSPS) is 15.1. The van der Waals surface area contributed by atoms with E-state index in [1.54, 1.807) is 18.5 Å². The molecule has 1 saturated heterocycles. The predicted octanol–water partition coefficient (Wildman–Crippen LogP) is 3.49. The van der Waals surface area contributed by atoms with Gasteiger partial charge >= 0.3 is 6.03 Å². The highest BCUT2D eigenvalue weighted by molar-refractivity contribution is 6.31. The molecule has 0 unspecified atom stereocenters. The predicted molar refractivity (Wildman–Crippen MR) is 93.1 cm³/mol. The molecule has 0 bridgehead atoms. The lowest BCUT2D eigenvalue weighted by Gasteiger charge is -2.32. The van der Waals surface area contributed by atoms with Gasteiger partial charge in [0.05, 0.1) is 0 Å². The second-order valence-corrected chi connectivity index (χ2v) is 6.16. The van der Waals surface area contributed by atoms with Crippen LogP contribution in [0.5, 0.6) is 5.75 Å². The first-order chi connectivity index (χ1) is 11.7. The molecule has 2 amide bonds. The maximum atomic E-state index is 12.2. The average Bonchev–Trinajstić information content (AvgIpc) is 2.63. The minimum atomic E-state index is -0.0285. The second-order valence-electron chi connectivity index (χ2n) is 5.75. The van der Waals surface area contributed by atoms with E-state index in [1.807, 2.05) is 35.2 Å². The Hall–Kier alpha value is -2.27. The summed E-state index contributed by atoms with van der Waals surface area (Å²) in [6, 6.07) is 11.6. The molecule has 1 fully saturated rings. The van der Waals surface area contributed by atoms with Crippen LogP contribution in [0.4, 0.5) is 4.79 Å². The fraction of sp³-hybridized carbons (Fsp3) is 0.333. The van der Waals surface area contributed by atoms with Crippen LogP contribution in [-0.2, 0) is 6.54 Å². The van der Waals surface area contributed by atoms with Crippen molar-refractivity contribution in [2.75, 3.05) is 13.1 Å². The highest BCUT2D eigenvalue weighted by atomic mass is 35.5. The van der Waals surface area contributed by atoms with Crippen molar-refractivity contribution >= 4 is 17.6 Å². The number of likely N-dealkylation sites (tertiary alicyclic amines) is 1. The van der Waals surface area contributed by atoms with Crippen molar-refractivity contribution in [1.82, 2.24) is 15.2 Å². The Morgan fingerprint density at radius 1 is 1.25 bits per heavy atom. The van der Waals surface area contributed by atoms with Gasteiger partial charge in [0.1, 0.15) is 16.9 Å². The van der Waals surface area contributed by atoms with E-state index < -0.39 is 0 Å². The smallest absolute Gasteiger partial charge is 0.317 e. The fourth-order valence-electron chi connectivity index (χ4n) is 2.70. The van der Waals surface area contributed by atoms with E-state index in [0.717, 1.165) is 18.4 Å². The number of urea groups is 1. The van der Waals surface area contributed by atoms with E-state index in [0.29, 0.717) is 30.4 Å². The van der Waals surface area contributed by atoms with Crippen LogP contribution >= 0.6 is 11.6 Å². The summed E-state index contributed by atoms with van der Waals surface area (Å²) >= 11 is 6.06. The largest absolute Gasteiger partial charge is 0.489 e. The number of pyridine rings is 1. The minimum absolute atomic E-state index is 0.0285. The number of ether oxygens (including phenoxy) is 1. The number of aromatic nitrogens is 1. The number of carbonyl (C=O) groups excluding carboxylic acids is 1. The summed E-state index contributed by atoms with van der Waals surface area (Å²) in [5.41, 5.74) is 1.09. The number of rotatable bonds is 4. The summed E-state index contributed by atoms with van der Waals surface area (Å²) in [6.07, 6.45) is 4.88. The molecule has 6 heteroatoms. The number of halogens is 1. The quantitative estimate of drug-likeness (QED) is 0.922. The summed E-state index contributed by atoms with van der Waals surface area (Å²) < 4.78 is 5.91. The summed E-state index contributed by atoms with van der Waals surface area (Å²) in [6.45, 7) is 1.89. The summed E-state index contributed by atoms with van der Waals surface area (Å²) in [5.74, 6) is 0.652. The third kappa shape index (κ3) is 4.38. The Labute approximate surface area is 146 Å². The number of amides is 2. The number of benzene rings is 1. The Bertz CT molecular complexity index is 673. The Kier molecular flexibility index (Phi) is 5.54. The molecule has 1 aliphatic rings. The number of hydrogen-bond donors (Lipinski definition) is 1. The standard InChI is InChI=1S/C18H20ClN3O2/c19-16-13-20-9-6-17(16)24-15-7-10-22(11-8-15)18(23)21-12-14-4-2-1-3-5-14/h1-6,9,13,15H,7-8,10-12H2,(H,21,23). The van der Waals surface area contributed by atoms with Crippen molar-refractivity contribution in [3.05, 3.63) is 59.4 Å². The summed E-state index contributed by atoms with van der Waals surface area (Å²) in [7, 11) is 0. The van der Waals surface area contributed by atoms with Crippen molar-refractivity contribution in [2.24, 2.45) is 0 Å². The molecule has 1 aromatic heterocycles. The Balaban J connectivity index is 1.44. The van der Waals surface area contributed by atoms with E-state index >= 15 is 0 Å². The van der Waals surface area contributed by atoms with Gasteiger partial charge in [-0.1, -0.05) is 41.9 Å². The van der Waals surface area contributed by atoms with Crippen molar-refractivity contribution < 1.29 is 9.53 Å². The van der Waals surface area contributed by atoms with Gasteiger partial charge in [-0.25, -0.2) is 4.79 Å². The van der Waals surface area contributed by atoms with Crippen LogP contribution in [0.15, 0.2) is 48.8 Å². The lowest BCUT2D eigenvalue weighted by molar-refractivity contribution is 0.111. The summed E-state index contributed by atoms with van der Waals surface area (Å²) in [4.78, 5) is 18.0. The van der Waals surface area contributed by atoms with Crippen LogP contribution < -0.4 is 10.1 Å². The van der Waals surface area contributed by atoms with Crippen LogP contribution in [0.2, 0.25) is 5.02 Å². The first kappa shape index (κ1) is 16.6. The van der Waals surface area contributed by atoms with Crippen LogP contribution in [0.3, 0.4) is 0 Å². The zero-order chi connectivity index (χ0) is 16.8. The molecule has 0 spiro atoms. The van der Waals surface area contributed by atoms with Gasteiger partial charge in [-0.3, -0.25) is 4.98 Å². The second kappa shape index (κ2) is 8.02. The average molecular weight is 346 g/mol. The van der Waals surface area contributed by atoms with Gasteiger partial charge in [-0.15, -0.1) is 0 Å². The highest BCUT2D eigenvalue weighted by Crippen LogP contribution is 2.25. The Morgan fingerprint density at radius 2 is 2.00 bits per heavy atom. The van der Waals surface area contributed by atoms with Gasteiger partial charge in [0.25, 0.3) is 0 Å². The zero-order valence-electron chi connectivity index (χ0n) is 13.3. The van der Waals surface area contributed by atoms with Gasteiger partial charge in [0.2, 0.25) is 0 Å². The maximum absolute atomic E-state index is 12.2.